The average Bonchev–Trinajstić information content (AvgIpc) is 3.03. The summed E-state index contributed by atoms with van der Waals surface area (Å²) >= 11 is 0. The van der Waals surface area contributed by atoms with Gasteiger partial charge in [-0.2, -0.15) is 5.10 Å². The Bertz CT molecular complexity index is 741. The van der Waals surface area contributed by atoms with Gasteiger partial charge in [0.1, 0.15) is 5.82 Å². The van der Waals surface area contributed by atoms with Crippen molar-refractivity contribution >= 4 is 17.8 Å². The Kier molecular flexibility index (Phi) is 5.34. The van der Waals surface area contributed by atoms with Crippen LogP contribution in [0.25, 0.3) is 0 Å². The fraction of sp³-hybridized carbons (Fsp3) is 0.762. The molecule has 3 aliphatic rings. The molecule has 0 aliphatic carbocycles. The first-order chi connectivity index (χ1) is 13.5. The second-order valence-electron chi connectivity index (χ2n) is 8.79. The minimum Gasteiger partial charge on any atom is -0.339 e. The van der Waals surface area contributed by atoms with Gasteiger partial charge in [0.05, 0.1) is 11.7 Å². The number of carbonyl (C=O) groups is 2. The summed E-state index contributed by atoms with van der Waals surface area (Å²) in [6, 6.07) is 2.55. The van der Waals surface area contributed by atoms with E-state index in [-0.39, 0.29) is 6.03 Å². The van der Waals surface area contributed by atoms with Crippen molar-refractivity contribution in [2.24, 2.45) is 11.8 Å². The predicted octanol–water partition coefficient (Wildman–Crippen LogP) is 3.42. The molecule has 1 N–H and O–H groups in total. The maximum absolute atomic E-state index is 13.1. The number of urea groups is 1. The van der Waals surface area contributed by atoms with Crippen LogP contribution in [-0.2, 0) is 4.79 Å². The zero-order valence-corrected chi connectivity index (χ0v) is 17.4. The molecule has 1 aromatic heterocycles. The van der Waals surface area contributed by atoms with Crippen molar-refractivity contribution in [3.8, 4) is 0 Å². The lowest BCUT2D eigenvalue weighted by Gasteiger charge is -2.52. The first kappa shape index (κ1) is 19.3. The van der Waals surface area contributed by atoms with Gasteiger partial charge in [-0.25, -0.2) is 9.48 Å². The van der Waals surface area contributed by atoms with E-state index in [0.29, 0.717) is 36.2 Å². The molecule has 154 valence electrons. The summed E-state index contributed by atoms with van der Waals surface area (Å²) in [5.41, 5.74) is 0.925. The highest BCUT2D eigenvalue weighted by molar-refractivity contribution is 5.88. The van der Waals surface area contributed by atoms with E-state index >= 15 is 0 Å². The number of fused-ring (bicyclic) bond motifs is 4. The lowest BCUT2D eigenvalue weighted by atomic mass is 9.76. The zero-order valence-electron chi connectivity index (χ0n) is 17.4. The Morgan fingerprint density at radius 2 is 2.07 bits per heavy atom. The molecule has 1 aromatic rings. The van der Waals surface area contributed by atoms with E-state index in [1.807, 2.05) is 22.6 Å². The fourth-order valence-corrected chi connectivity index (χ4v) is 5.49. The number of nitrogens with one attached hydrogen (secondary N) is 1. The highest BCUT2D eigenvalue weighted by Crippen LogP contribution is 2.38. The summed E-state index contributed by atoms with van der Waals surface area (Å²) < 4.78 is 1.97. The number of aryl methyl sites for hydroxylation is 1. The second-order valence-corrected chi connectivity index (χ2v) is 8.79. The Morgan fingerprint density at radius 1 is 1.29 bits per heavy atom. The van der Waals surface area contributed by atoms with E-state index in [0.717, 1.165) is 63.3 Å². The smallest absolute Gasteiger partial charge is 0.323 e. The zero-order chi connectivity index (χ0) is 19.8. The van der Waals surface area contributed by atoms with Crippen LogP contribution < -0.4 is 5.32 Å². The first-order valence-corrected chi connectivity index (χ1v) is 10.9. The minimum absolute atomic E-state index is 0.0302. The molecule has 7 heteroatoms. The van der Waals surface area contributed by atoms with E-state index in [1.54, 1.807) is 0 Å². The molecule has 0 aromatic carbocycles. The largest absolute Gasteiger partial charge is 0.339 e. The van der Waals surface area contributed by atoms with Crippen molar-refractivity contribution in [1.29, 1.82) is 0 Å². The third-order valence-corrected chi connectivity index (χ3v) is 6.85. The number of likely N-dealkylation sites (tertiary alicyclic amines) is 1. The Hall–Kier alpha value is -2.05. The molecule has 4 heterocycles. The Labute approximate surface area is 167 Å². The molecular weight excluding hydrogens is 354 g/mol. The number of carbonyl (C=O) groups excluding carboxylic acids is 2. The maximum atomic E-state index is 13.1. The van der Waals surface area contributed by atoms with Gasteiger partial charge in [-0.3, -0.25) is 10.1 Å². The van der Waals surface area contributed by atoms with E-state index < -0.39 is 0 Å². The number of anilines is 1. The number of rotatable bonds is 4. The van der Waals surface area contributed by atoms with Crippen molar-refractivity contribution in [3.05, 3.63) is 11.8 Å². The highest BCUT2D eigenvalue weighted by Gasteiger charge is 2.44. The SMILES string of the molecule is CCC(CC)n1nc(C)cc1NC(=O)N1C[C@H]2C[C@@H](C1)[C@@H]1CCCC(=O)N1C2. The summed E-state index contributed by atoms with van der Waals surface area (Å²) in [7, 11) is 0. The van der Waals surface area contributed by atoms with Gasteiger partial charge >= 0.3 is 6.03 Å². The van der Waals surface area contributed by atoms with E-state index in [4.69, 9.17) is 0 Å². The molecular formula is C21H33N5O2. The van der Waals surface area contributed by atoms with Crippen LogP contribution in [0.3, 0.4) is 0 Å². The predicted molar refractivity (Wildman–Crippen MR) is 108 cm³/mol. The summed E-state index contributed by atoms with van der Waals surface area (Å²) in [6.45, 7) is 8.56. The number of aromatic nitrogens is 2. The standard InChI is InChI=1S/C21H33N5O2/c1-4-17(5-2)26-19(9-14(3)23-26)22-21(28)24-11-15-10-16(13-24)18-7-6-8-20(27)25(18)12-15/h9,15-18H,4-8,10-13H2,1-3H3,(H,22,28)/t15-,16+,18+/m1/s1. The number of hydrogen-bond donors (Lipinski definition) is 1. The molecule has 28 heavy (non-hydrogen) atoms. The number of hydrogen-bond acceptors (Lipinski definition) is 3. The van der Waals surface area contributed by atoms with Gasteiger partial charge < -0.3 is 9.80 Å². The van der Waals surface area contributed by atoms with Crippen LogP contribution in [0, 0.1) is 18.8 Å². The number of amides is 3. The Balaban J connectivity index is 1.46. The third-order valence-electron chi connectivity index (χ3n) is 6.85. The van der Waals surface area contributed by atoms with Crippen molar-refractivity contribution in [2.45, 2.75) is 71.4 Å². The van der Waals surface area contributed by atoms with Crippen LogP contribution in [-0.4, -0.2) is 57.2 Å². The van der Waals surface area contributed by atoms with Gasteiger partial charge in [-0.1, -0.05) is 13.8 Å². The maximum Gasteiger partial charge on any atom is 0.323 e. The Morgan fingerprint density at radius 3 is 2.82 bits per heavy atom. The molecule has 3 atom stereocenters. The monoisotopic (exact) mass is 387 g/mol. The summed E-state index contributed by atoms with van der Waals surface area (Å²) in [5, 5.41) is 7.74. The molecule has 0 saturated carbocycles. The molecule has 3 saturated heterocycles. The van der Waals surface area contributed by atoms with Crippen LogP contribution in [0.5, 0.6) is 0 Å². The summed E-state index contributed by atoms with van der Waals surface area (Å²) in [4.78, 5) is 29.5. The molecule has 4 rings (SSSR count). The molecule has 0 unspecified atom stereocenters. The number of piperidine rings is 3. The minimum atomic E-state index is -0.0302. The molecule has 3 fully saturated rings. The van der Waals surface area contributed by atoms with Crippen molar-refractivity contribution in [2.75, 3.05) is 25.0 Å². The second kappa shape index (κ2) is 7.76. The van der Waals surface area contributed by atoms with Crippen molar-refractivity contribution in [1.82, 2.24) is 19.6 Å². The third kappa shape index (κ3) is 3.51. The molecule has 7 nitrogen and oxygen atoms in total. The summed E-state index contributed by atoms with van der Waals surface area (Å²) in [5.74, 6) is 1.91. The van der Waals surface area contributed by atoms with Gasteiger partial charge in [-0.15, -0.1) is 0 Å². The average molecular weight is 388 g/mol. The normalized spacial score (nSPS) is 27.1. The molecule has 0 spiro atoms. The highest BCUT2D eigenvalue weighted by atomic mass is 16.2. The van der Waals surface area contributed by atoms with Crippen LogP contribution in [0.2, 0.25) is 0 Å². The van der Waals surface area contributed by atoms with Crippen LogP contribution in [0.1, 0.15) is 64.1 Å². The van der Waals surface area contributed by atoms with Gasteiger partial charge in [0.25, 0.3) is 0 Å². The van der Waals surface area contributed by atoms with Crippen LogP contribution in [0.15, 0.2) is 6.07 Å². The van der Waals surface area contributed by atoms with Crippen LogP contribution in [0.4, 0.5) is 10.6 Å². The molecule has 3 amide bonds. The van der Waals surface area contributed by atoms with Crippen molar-refractivity contribution in [3.63, 3.8) is 0 Å². The van der Waals surface area contributed by atoms with Gasteiger partial charge in [-0.05, 0) is 50.9 Å². The molecule has 2 bridgehead atoms. The lowest BCUT2D eigenvalue weighted by molar-refractivity contribution is -0.144. The van der Waals surface area contributed by atoms with E-state index in [2.05, 4.69) is 29.2 Å². The van der Waals surface area contributed by atoms with E-state index in [9.17, 15) is 9.59 Å². The fourth-order valence-electron chi connectivity index (χ4n) is 5.49. The quantitative estimate of drug-likeness (QED) is 0.861. The van der Waals surface area contributed by atoms with Gasteiger partial charge in [0.2, 0.25) is 5.91 Å². The van der Waals surface area contributed by atoms with Gasteiger partial charge in [0, 0.05) is 38.2 Å². The molecule has 3 aliphatic heterocycles. The number of nitrogens with zero attached hydrogens (tertiary/aromatic N) is 4. The van der Waals surface area contributed by atoms with Crippen molar-refractivity contribution < 1.29 is 9.59 Å². The first-order valence-electron chi connectivity index (χ1n) is 10.9. The van der Waals surface area contributed by atoms with Crippen LogP contribution >= 0.6 is 0 Å². The topological polar surface area (TPSA) is 70.5 Å². The molecule has 0 radical (unpaired) electrons. The lowest BCUT2D eigenvalue weighted by Crippen LogP contribution is -2.61. The van der Waals surface area contributed by atoms with E-state index in [1.165, 1.54) is 0 Å². The van der Waals surface area contributed by atoms with Gasteiger partial charge in [0.15, 0.2) is 0 Å². The summed E-state index contributed by atoms with van der Waals surface area (Å²) in [6.07, 6.45) is 5.88.